The molecule has 0 amide bonds. The molecule has 0 saturated carbocycles. The zero-order chi connectivity index (χ0) is 16.3. The van der Waals surface area contributed by atoms with Crippen molar-refractivity contribution in [3.63, 3.8) is 0 Å². The highest BCUT2D eigenvalue weighted by molar-refractivity contribution is 5.84. The molecule has 4 nitrogen and oxygen atoms in total. The Labute approximate surface area is 138 Å². The monoisotopic (exact) mass is 311 g/mol. The second kappa shape index (κ2) is 6.59. The van der Waals surface area contributed by atoms with Crippen LogP contribution in [0.25, 0.3) is 10.8 Å². The molecule has 23 heavy (non-hydrogen) atoms. The number of hydrogen-bond donors (Lipinski definition) is 2. The number of benzene rings is 2. The molecule has 1 unspecified atom stereocenters. The van der Waals surface area contributed by atoms with Crippen molar-refractivity contribution in [1.82, 2.24) is 10.6 Å². The predicted octanol–water partition coefficient (Wildman–Crippen LogP) is 3.10. The molecule has 3 rings (SSSR count). The molecule has 0 spiro atoms. The normalized spacial score (nSPS) is 18.3. The first kappa shape index (κ1) is 15.8. The summed E-state index contributed by atoms with van der Waals surface area (Å²) in [6, 6.07) is 15.2. The Morgan fingerprint density at radius 2 is 1.96 bits per heavy atom. The van der Waals surface area contributed by atoms with Crippen molar-refractivity contribution in [3.8, 4) is 0 Å². The van der Waals surface area contributed by atoms with Gasteiger partial charge in [0.1, 0.15) is 0 Å². The highest BCUT2D eigenvalue weighted by atomic mass is 16.5. The highest BCUT2D eigenvalue weighted by Gasteiger charge is 2.33. The fourth-order valence-electron chi connectivity index (χ4n) is 2.81. The van der Waals surface area contributed by atoms with E-state index in [0.717, 1.165) is 25.7 Å². The van der Waals surface area contributed by atoms with Crippen molar-refractivity contribution in [2.24, 2.45) is 10.4 Å². The van der Waals surface area contributed by atoms with Crippen LogP contribution in [-0.2, 0) is 4.74 Å². The van der Waals surface area contributed by atoms with Gasteiger partial charge in [0.15, 0.2) is 5.96 Å². The van der Waals surface area contributed by atoms with Crippen LogP contribution in [0.3, 0.4) is 0 Å². The summed E-state index contributed by atoms with van der Waals surface area (Å²) >= 11 is 0. The largest absolute Gasteiger partial charge is 0.380 e. The van der Waals surface area contributed by atoms with Crippen LogP contribution >= 0.6 is 0 Å². The number of nitrogens with zero attached hydrogens (tertiary/aromatic N) is 1. The molecule has 1 atom stereocenters. The number of fused-ring (bicyclic) bond motifs is 1. The molecular formula is C19H25N3O. The lowest BCUT2D eigenvalue weighted by Crippen LogP contribution is -2.51. The summed E-state index contributed by atoms with van der Waals surface area (Å²) in [6.07, 6.45) is 0. The number of rotatable bonds is 4. The van der Waals surface area contributed by atoms with Gasteiger partial charge < -0.3 is 15.4 Å². The molecule has 0 radical (unpaired) electrons. The van der Waals surface area contributed by atoms with Crippen LogP contribution in [0.5, 0.6) is 0 Å². The molecule has 1 aliphatic heterocycles. The summed E-state index contributed by atoms with van der Waals surface area (Å²) in [6.45, 7) is 6.89. The average molecular weight is 311 g/mol. The van der Waals surface area contributed by atoms with E-state index in [2.05, 4.69) is 71.9 Å². The number of guanidine groups is 1. The molecule has 2 N–H and O–H groups in total. The minimum absolute atomic E-state index is 0.191. The topological polar surface area (TPSA) is 45.7 Å². The van der Waals surface area contributed by atoms with Gasteiger partial charge in [0.2, 0.25) is 0 Å². The number of aliphatic imine (C=N–C) groups is 1. The van der Waals surface area contributed by atoms with E-state index < -0.39 is 0 Å². The Balaban J connectivity index is 1.64. The lowest BCUT2D eigenvalue weighted by molar-refractivity contribution is -0.0971. The maximum Gasteiger partial charge on any atom is 0.191 e. The smallest absolute Gasteiger partial charge is 0.191 e. The number of hydrogen-bond acceptors (Lipinski definition) is 2. The van der Waals surface area contributed by atoms with Crippen molar-refractivity contribution in [2.45, 2.75) is 19.9 Å². The summed E-state index contributed by atoms with van der Waals surface area (Å²) < 4.78 is 5.29. The van der Waals surface area contributed by atoms with Gasteiger partial charge in [-0.3, -0.25) is 4.99 Å². The van der Waals surface area contributed by atoms with E-state index >= 15 is 0 Å². The van der Waals surface area contributed by atoms with Crippen LogP contribution < -0.4 is 10.6 Å². The molecule has 2 aromatic rings. The van der Waals surface area contributed by atoms with Crippen LogP contribution in [0, 0.1) is 5.41 Å². The first-order valence-electron chi connectivity index (χ1n) is 8.13. The quantitative estimate of drug-likeness (QED) is 0.674. The third kappa shape index (κ3) is 3.64. The summed E-state index contributed by atoms with van der Waals surface area (Å²) in [5.74, 6) is 0.832. The summed E-state index contributed by atoms with van der Waals surface area (Å²) in [5, 5.41) is 9.41. The molecule has 1 saturated heterocycles. The lowest BCUT2D eigenvalue weighted by atomic mass is 9.89. The third-order valence-corrected chi connectivity index (χ3v) is 4.43. The summed E-state index contributed by atoms with van der Waals surface area (Å²) in [5.41, 5.74) is 1.48. The fourth-order valence-corrected chi connectivity index (χ4v) is 2.81. The molecule has 122 valence electrons. The van der Waals surface area contributed by atoms with Gasteiger partial charge in [0.05, 0.1) is 19.3 Å². The Morgan fingerprint density at radius 3 is 2.61 bits per heavy atom. The van der Waals surface area contributed by atoms with Crippen LogP contribution in [-0.4, -0.2) is 32.8 Å². The first-order chi connectivity index (χ1) is 11.1. The molecule has 1 heterocycles. The van der Waals surface area contributed by atoms with Crippen molar-refractivity contribution in [1.29, 1.82) is 0 Å². The molecule has 4 heteroatoms. The van der Waals surface area contributed by atoms with Gasteiger partial charge in [-0.25, -0.2) is 0 Å². The van der Waals surface area contributed by atoms with E-state index in [1.54, 1.807) is 0 Å². The van der Waals surface area contributed by atoms with E-state index in [9.17, 15) is 0 Å². The van der Waals surface area contributed by atoms with Crippen molar-refractivity contribution < 1.29 is 4.74 Å². The van der Waals surface area contributed by atoms with Crippen LogP contribution in [0.4, 0.5) is 0 Å². The van der Waals surface area contributed by atoms with E-state index in [1.807, 2.05) is 7.05 Å². The molecule has 1 fully saturated rings. The van der Waals surface area contributed by atoms with E-state index in [4.69, 9.17) is 4.74 Å². The molecule has 2 aromatic carbocycles. The zero-order valence-corrected chi connectivity index (χ0v) is 14.1. The standard InChI is InChI=1S/C19H25N3O/c1-14(16-9-8-15-6-4-5-7-17(15)10-16)22-18(20-3)21-11-19(2)12-23-13-19/h4-10,14H,11-13H2,1-3H3,(H2,20,21,22). The predicted molar refractivity (Wildman–Crippen MR) is 95.8 cm³/mol. The van der Waals surface area contributed by atoms with Gasteiger partial charge >= 0.3 is 0 Å². The average Bonchev–Trinajstić information content (AvgIpc) is 2.56. The second-order valence-corrected chi connectivity index (χ2v) is 6.70. The zero-order valence-electron chi connectivity index (χ0n) is 14.1. The van der Waals surface area contributed by atoms with Crippen molar-refractivity contribution >= 4 is 16.7 Å². The Morgan fingerprint density at radius 1 is 1.22 bits per heavy atom. The molecule has 0 bridgehead atoms. The van der Waals surface area contributed by atoms with Gasteiger partial charge in [-0.1, -0.05) is 43.3 Å². The van der Waals surface area contributed by atoms with Gasteiger partial charge in [0, 0.05) is 19.0 Å². The van der Waals surface area contributed by atoms with Crippen LogP contribution in [0.2, 0.25) is 0 Å². The Hall–Kier alpha value is -2.07. The van der Waals surface area contributed by atoms with E-state index in [1.165, 1.54) is 16.3 Å². The van der Waals surface area contributed by atoms with Gasteiger partial charge in [-0.15, -0.1) is 0 Å². The van der Waals surface area contributed by atoms with Crippen LogP contribution in [0.15, 0.2) is 47.5 Å². The Bertz CT molecular complexity index is 707. The lowest BCUT2D eigenvalue weighted by Gasteiger charge is -2.38. The molecule has 0 aliphatic carbocycles. The van der Waals surface area contributed by atoms with Gasteiger partial charge in [-0.05, 0) is 29.3 Å². The summed E-state index contributed by atoms with van der Waals surface area (Å²) in [4.78, 5) is 4.33. The summed E-state index contributed by atoms with van der Waals surface area (Å²) in [7, 11) is 1.81. The minimum Gasteiger partial charge on any atom is -0.380 e. The highest BCUT2D eigenvalue weighted by Crippen LogP contribution is 2.25. The van der Waals surface area contributed by atoms with Gasteiger partial charge in [0.25, 0.3) is 0 Å². The van der Waals surface area contributed by atoms with Crippen molar-refractivity contribution in [3.05, 3.63) is 48.0 Å². The number of ether oxygens (including phenoxy) is 1. The van der Waals surface area contributed by atoms with E-state index in [-0.39, 0.29) is 11.5 Å². The maximum atomic E-state index is 5.29. The van der Waals surface area contributed by atoms with Crippen molar-refractivity contribution in [2.75, 3.05) is 26.8 Å². The molecule has 0 aromatic heterocycles. The Kier molecular flexibility index (Phi) is 4.53. The molecule has 1 aliphatic rings. The number of nitrogens with one attached hydrogen (secondary N) is 2. The van der Waals surface area contributed by atoms with E-state index in [0.29, 0.717) is 0 Å². The fraction of sp³-hybridized carbons (Fsp3) is 0.421. The minimum atomic E-state index is 0.191. The SMILES string of the molecule is CN=C(NCC1(C)COC1)NC(C)c1ccc2ccccc2c1. The first-order valence-corrected chi connectivity index (χ1v) is 8.13. The maximum absolute atomic E-state index is 5.29. The molecular weight excluding hydrogens is 286 g/mol. The third-order valence-electron chi connectivity index (χ3n) is 4.43. The van der Waals surface area contributed by atoms with Crippen LogP contribution in [0.1, 0.15) is 25.5 Å². The van der Waals surface area contributed by atoms with Gasteiger partial charge in [-0.2, -0.15) is 0 Å². The second-order valence-electron chi connectivity index (χ2n) is 6.70.